The highest BCUT2D eigenvalue weighted by Crippen LogP contribution is 2.29. The van der Waals surface area contributed by atoms with Crippen molar-refractivity contribution in [1.29, 1.82) is 0 Å². The van der Waals surface area contributed by atoms with Gasteiger partial charge >= 0.3 is 0 Å². The standard InChI is InChI=1S/C12H7Cl2N3S/c13-7-2-1-3-8(6-7)15-11-10-9(4-5-18-10)16-12(14)17-11/h1-6H,(H,15,16,17). The Morgan fingerprint density at radius 3 is 2.83 bits per heavy atom. The van der Waals surface area contributed by atoms with E-state index in [4.69, 9.17) is 23.2 Å². The van der Waals surface area contributed by atoms with Crippen LogP contribution in [-0.4, -0.2) is 9.97 Å². The molecule has 0 amide bonds. The van der Waals surface area contributed by atoms with Crippen LogP contribution in [-0.2, 0) is 0 Å². The number of fused-ring (bicyclic) bond motifs is 1. The lowest BCUT2D eigenvalue weighted by Gasteiger charge is -2.07. The predicted molar refractivity (Wildman–Crippen MR) is 77.2 cm³/mol. The highest BCUT2D eigenvalue weighted by atomic mass is 35.5. The van der Waals surface area contributed by atoms with Gasteiger partial charge < -0.3 is 5.32 Å². The molecule has 0 fully saturated rings. The van der Waals surface area contributed by atoms with Gasteiger partial charge in [-0.2, -0.15) is 4.98 Å². The Morgan fingerprint density at radius 1 is 1.11 bits per heavy atom. The first-order chi connectivity index (χ1) is 8.72. The van der Waals surface area contributed by atoms with Gasteiger partial charge in [0.15, 0.2) is 5.82 Å². The first-order valence-corrected chi connectivity index (χ1v) is 6.79. The zero-order valence-electron chi connectivity index (χ0n) is 9.02. The zero-order valence-corrected chi connectivity index (χ0v) is 11.4. The van der Waals surface area contributed by atoms with Crippen molar-refractivity contribution >= 4 is 56.3 Å². The van der Waals surface area contributed by atoms with Crippen LogP contribution in [0.1, 0.15) is 0 Å². The largest absolute Gasteiger partial charge is 0.339 e. The second-order valence-electron chi connectivity index (χ2n) is 3.61. The number of aromatic nitrogens is 2. The average Bonchev–Trinajstić information content (AvgIpc) is 2.77. The van der Waals surface area contributed by atoms with Gasteiger partial charge in [0.05, 0.1) is 10.2 Å². The highest BCUT2D eigenvalue weighted by Gasteiger charge is 2.08. The van der Waals surface area contributed by atoms with Gasteiger partial charge in [-0.15, -0.1) is 11.3 Å². The molecule has 0 aliphatic carbocycles. The van der Waals surface area contributed by atoms with Crippen LogP contribution in [0.5, 0.6) is 0 Å². The summed E-state index contributed by atoms with van der Waals surface area (Å²) in [6.07, 6.45) is 0. The Hall–Kier alpha value is -1.36. The maximum absolute atomic E-state index is 5.94. The molecule has 1 aromatic carbocycles. The molecule has 3 nitrogen and oxygen atoms in total. The lowest BCUT2D eigenvalue weighted by molar-refractivity contribution is 1.23. The molecule has 0 radical (unpaired) electrons. The van der Waals surface area contributed by atoms with Crippen LogP contribution in [0.25, 0.3) is 10.2 Å². The SMILES string of the molecule is Clc1cccc(Nc2nc(Cl)nc3ccsc23)c1. The van der Waals surface area contributed by atoms with E-state index < -0.39 is 0 Å². The number of hydrogen-bond acceptors (Lipinski definition) is 4. The fraction of sp³-hybridized carbons (Fsp3) is 0. The lowest BCUT2D eigenvalue weighted by Crippen LogP contribution is -1.95. The van der Waals surface area contributed by atoms with Crippen molar-refractivity contribution in [2.75, 3.05) is 5.32 Å². The summed E-state index contributed by atoms with van der Waals surface area (Å²) in [6.45, 7) is 0. The van der Waals surface area contributed by atoms with Crippen molar-refractivity contribution in [1.82, 2.24) is 9.97 Å². The van der Waals surface area contributed by atoms with Gasteiger partial charge in [0.1, 0.15) is 0 Å². The van der Waals surface area contributed by atoms with Crippen molar-refractivity contribution in [2.24, 2.45) is 0 Å². The number of thiophene rings is 1. The molecule has 0 spiro atoms. The van der Waals surface area contributed by atoms with E-state index in [1.54, 1.807) is 11.3 Å². The fourth-order valence-electron chi connectivity index (χ4n) is 1.62. The van der Waals surface area contributed by atoms with Gasteiger partial charge in [0, 0.05) is 10.7 Å². The number of anilines is 2. The van der Waals surface area contributed by atoms with E-state index in [2.05, 4.69) is 15.3 Å². The zero-order chi connectivity index (χ0) is 12.5. The minimum absolute atomic E-state index is 0.227. The normalized spacial score (nSPS) is 10.8. The Morgan fingerprint density at radius 2 is 2.00 bits per heavy atom. The number of nitrogens with zero attached hydrogens (tertiary/aromatic N) is 2. The monoisotopic (exact) mass is 295 g/mol. The number of benzene rings is 1. The molecule has 0 bridgehead atoms. The van der Waals surface area contributed by atoms with Gasteiger partial charge in [-0.25, -0.2) is 4.98 Å². The summed E-state index contributed by atoms with van der Waals surface area (Å²) in [7, 11) is 0. The summed E-state index contributed by atoms with van der Waals surface area (Å²) < 4.78 is 0.972. The van der Waals surface area contributed by atoms with Crippen LogP contribution >= 0.6 is 34.5 Å². The van der Waals surface area contributed by atoms with Gasteiger partial charge in [0.2, 0.25) is 5.28 Å². The van der Waals surface area contributed by atoms with Crippen LogP contribution in [0, 0.1) is 0 Å². The first-order valence-electron chi connectivity index (χ1n) is 5.16. The molecule has 0 saturated heterocycles. The minimum atomic E-state index is 0.227. The molecule has 3 aromatic rings. The van der Waals surface area contributed by atoms with Crippen molar-refractivity contribution in [2.45, 2.75) is 0 Å². The van der Waals surface area contributed by atoms with Gasteiger partial charge in [-0.3, -0.25) is 0 Å². The number of halogens is 2. The molecule has 2 heterocycles. The Balaban J connectivity index is 2.06. The van der Waals surface area contributed by atoms with Crippen LogP contribution < -0.4 is 5.32 Å². The smallest absolute Gasteiger partial charge is 0.224 e. The molecule has 0 unspecified atom stereocenters. The third-order valence-corrected chi connectivity index (χ3v) is 3.68. The van der Waals surface area contributed by atoms with E-state index in [9.17, 15) is 0 Å². The molecule has 0 saturated carbocycles. The minimum Gasteiger partial charge on any atom is -0.339 e. The summed E-state index contributed by atoms with van der Waals surface area (Å²) in [5.41, 5.74) is 1.71. The summed E-state index contributed by atoms with van der Waals surface area (Å²) in [5.74, 6) is 0.697. The Labute approximate surface area is 117 Å². The molecule has 0 aliphatic rings. The Bertz CT molecular complexity index is 711. The summed E-state index contributed by atoms with van der Waals surface area (Å²) >= 11 is 13.4. The third kappa shape index (κ3) is 2.27. The molecule has 0 aliphatic heterocycles. The van der Waals surface area contributed by atoms with Crippen LogP contribution in [0.3, 0.4) is 0 Å². The van der Waals surface area contributed by atoms with E-state index in [1.807, 2.05) is 35.7 Å². The molecule has 6 heteroatoms. The van der Waals surface area contributed by atoms with E-state index in [-0.39, 0.29) is 5.28 Å². The van der Waals surface area contributed by atoms with E-state index in [0.29, 0.717) is 10.8 Å². The number of rotatable bonds is 2. The molecule has 3 rings (SSSR count). The molecular formula is C12H7Cl2N3S. The van der Waals surface area contributed by atoms with E-state index in [1.165, 1.54) is 0 Å². The van der Waals surface area contributed by atoms with Crippen LogP contribution in [0.4, 0.5) is 11.5 Å². The van der Waals surface area contributed by atoms with E-state index in [0.717, 1.165) is 15.9 Å². The number of nitrogens with one attached hydrogen (secondary N) is 1. The van der Waals surface area contributed by atoms with Gasteiger partial charge in [-0.05, 0) is 41.2 Å². The molecule has 2 aromatic heterocycles. The maximum atomic E-state index is 5.94. The van der Waals surface area contributed by atoms with Crippen LogP contribution in [0.15, 0.2) is 35.7 Å². The average molecular weight is 296 g/mol. The summed E-state index contributed by atoms with van der Waals surface area (Å²) in [6, 6.07) is 9.36. The van der Waals surface area contributed by atoms with Crippen molar-refractivity contribution in [3.63, 3.8) is 0 Å². The number of hydrogen-bond donors (Lipinski definition) is 1. The van der Waals surface area contributed by atoms with Crippen molar-refractivity contribution < 1.29 is 0 Å². The first kappa shape index (κ1) is 11.7. The highest BCUT2D eigenvalue weighted by molar-refractivity contribution is 7.17. The third-order valence-electron chi connectivity index (χ3n) is 2.36. The quantitative estimate of drug-likeness (QED) is 0.694. The predicted octanol–water partition coefficient (Wildman–Crippen LogP) is 4.74. The lowest BCUT2D eigenvalue weighted by atomic mass is 10.3. The molecule has 90 valence electrons. The Kier molecular flexibility index (Phi) is 3.07. The molecule has 1 N–H and O–H groups in total. The van der Waals surface area contributed by atoms with Crippen molar-refractivity contribution in [3.8, 4) is 0 Å². The second-order valence-corrected chi connectivity index (χ2v) is 5.30. The second kappa shape index (κ2) is 4.72. The fourth-order valence-corrected chi connectivity index (χ4v) is 2.76. The van der Waals surface area contributed by atoms with Crippen LogP contribution in [0.2, 0.25) is 10.3 Å². The molecular weight excluding hydrogens is 289 g/mol. The van der Waals surface area contributed by atoms with Crippen molar-refractivity contribution in [3.05, 3.63) is 46.0 Å². The summed E-state index contributed by atoms with van der Waals surface area (Å²) in [4.78, 5) is 8.36. The topological polar surface area (TPSA) is 37.8 Å². The molecule has 0 atom stereocenters. The van der Waals surface area contributed by atoms with Gasteiger partial charge in [0.25, 0.3) is 0 Å². The van der Waals surface area contributed by atoms with E-state index >= 15 is 0 Å². The summed E-state index contributed by atoms with van der Waals surface area (Å²) in [5, 5.41) is 6.06. The molecule has 18 heavy (non-hydrogen) atoms. The van der Waals surface area contributed by atoms with Gasteiger partial charge in [-0.1, -0.05) is 17.7 Å². The maximum Gasteiger partial charge on any atom is 0.224 e.